The zero-order valence-electron chi connectivity index (χ0n) is 11.1. The van der Waals surface area contributed by atoms with E-state index in [1.807, 2.05) is 5.43 Å². The van der Waals surface area contributed by atoms with E-state index in [2.05, 4.69) is 0 Å². The summed E-state index contributed by atoms with van der Waals surface area (Å²) in [4.78, 5) is 21.8. The molecule has 1 aromatic rings. The number of rotatable bonds is 5. The van der Waals surface area contributed by atoms with Crippen LogP contribution in [-0.4, -0.2) is 16.9 Å². The van der Waals surface area contributed by atoms with Crippen molar-refractivity contribution in [2.24, 2.45) is 5.84 Å². The number of nitrogens with two attached hydrogens (primary N) is 1. The summed E-state index contributed by atoms with van der Waals surface area (Å²) in [5, 5.41) is 10.8. The molecule has 0 aliphatic heterocycles. The molecule has 104 valence electrons. The maximum absolute atomic E-state index is 11.4. The van der Waals surface area contributed by atoms with Gasteiger partial charge in [0.1, 0.15) is 5.75 Å². The molecule has 1 aromatic carbocycles. The monoisotopic (exact) mass is 267 g/mol. The molecule has 0 aliphatic rings. The number of nitro benzene ring substituents is 1. The SMILES string of the molecule is CCC(Oc1cc(C)c([N+](=O)[O-])cc1C)C(=O)NN. The number of nitrogens with one attached hydrogen (secondary N) is 1. The van der Waals surface area contributed by atoms with Gasteiger partial charge in [0.2, 0.25) is 0 Å². The molecular weight excluding hydrogens is 250 g/mol. The fraction of sp³-hybridized carbons (Fsp3) is 0.417. The average molecular weight is 267 g/mol. The van der Waals surface area contributed by atoms with Gasteiger partial charge in [-0.3, -0.25) is 20.3 Å². The molecule has 3 N–H and O–H groups in total. The summed E-state index contributed by atoms with van der Waals surface area (Å²) in [5.74, 6) is 5.08. The molecular formula is C12H17N3O4. The molecule has 0 radical (unpaired) electrons. The van der Waals surface area contributed by atoms with Crippen LogP contribution in [0.4, 0.5) is 5.69 Å². The van der Waals surface area contributed by atoms with Crippen molar-refractivity contribution in [3.05, 3.63) is 33.4 Å². The summed E-state index contributed by atoms with van der Waals surface area (Å²) < 4.78 is 5.55. The van der Waals surface area contributed by atoms with Crippen LogP contribution in [0, 0.1) is 24.0 Å². The van der Waals surface area contributed by atoms with Crippen LogP contribution in [0.1, 0.15) is 24.5 Å². The Morgan fingerprint density at radius 3 is 2.58 bits per heavy atom. The highest BCUT2D eigenvalue weighted by atomic mass is 16.6. The van der Waals surface area contributed by atoms with Crippen molar-refractivity contribution in [1.82, 2.24) is 5.43 Å². The summed E-state index contributed by atoms with van der Waals surface area (Å²) in [7, 11) is 0. The first-order valence-corrected chi connectivity index (χ1v) is 5.83. The molecule has 1 amide bonds. The Balaban J connectivity index is 3.05. The normalized spacial score (nSPS) is 11.8. The molecule has 0 saturated heterocycles. The van der Waals surface area contributed by atoms with Gasteiger partial charge in [-0.15, -0.1) is 0 Å². The van der Waals surface area contributed by atoms with E-state index in [0.717, 1.165) is 0 Å². The van der Waals surface area contributed by atoms with Gasteiger partial charge in [-0.25, -0.2) is 5.84 Å². The van der Waals surface area contributed by atoms with E-state index in [1.165, 1.54) is 6.07 Å². The van der Waals surface area contributed by atoms with Crippen molar-refractivity contribution in [1.29, 1.82) is 0 Å². The lowest BCUT2D eigenvalue weighted by Crippen LogP contribution is -2.41. The van der Waals surface area contributed by atoms with E-state index in [1.54, 1.807) is 26.8 Å². The van der Waals surface area contributed by atoms with Crippen LogP contribution in [-0.2, 0) is 4.79 Å². The Morgan fingerprint density at radius 1 is 1.47 bits per heavy atom. The summed E-state index contributed by atoms with van der Waals surface area (Å²) >= 11 is 0. The minimum absolute atomic E-state index is 0.0289. The number of carbonyl (C=O) groups is 1. The lowest BCUT2D eigenvalue weighted by molar-refractivity contribution is -0.385. The number of carbonyl (C=O) groups excluding carboxylic acids is 1. The Kier molecular flexibility index (Phi) is 4.82. The third kappa shape index (κ3) is 3.41. The van der Waals surface area contributed by atoms with E-state index >= 15 is 0 Å². The van der Waals surface area contributed by atoms with Crippen LogP contribution < -0.4 is 16.0 Å². The number of ether oxygens (including phenoxy) is 1. The molecule has 0 bridgehead atoms. The van der Waals surface area contributed by atoms with Crippen LogP contribution in [0.5, 0.6) is 5.75 Å². The second-order valence-electron chi connectivity index (χ2n) is 4.18. The molecule has 1 atom stereocenters. The summed E-state index contributed by atoms with van der Waals surface area (Å²) in [5.41, 5.74) is 3.13. The third-order valence-corrected chi connectivity index (χ3v) is 2.76. The number of hydrogen-bond acceptors (Lipinski definition) is 5. The van der Waals surface area contributed by atoms with Crippen molar-refractivity contribution >= 4 is 11.6 Å². The van der Waals surface area contributed by atoms with E-state index < -0.39 is 16.9 Å². The van der Waals surface area contributed by atoms with E-state index in [4.69, 9.17) is 10.6 Å². The smallest absolute Gasteiger partial charge is 0.274 e. The van der Waals surface area contributed by atoms with Crippen molar-refractivity contribution < 1.29 is 14.5 Å². The Hall–Kier alpha value is -2.15. The van der Waals surface area contributed by atoms with Crippen LogP contribution in [0.25, 0.3) is 0 Å². The maximum Gasteiger partial charge on any atom is 0.274 e. The molecule has 0 heterocycles. The lowest BCUT2D eigenvalue weighted by Gasteiger charge is -2.17. The number of aryl methyl sites for hydroxylation is 2. The topological polar surface area (TPSA) is 107 Å². The highest BCUT2D eigenvalue weighted by Crippen LogP contribution is 2.28. The minimum atomic E-state index is -0.718. The first-order chi connectivity index (χ1) is 8.90. The first-order valence-electron chi connectivity index (χ1n) is 5.83. The summed E-state index contributed by atoms with van der Waals surface area (Å²) in [6.45, 7) is 5.09. The van der Waals surface area contributed by atoms with Gasteiger partial charge in [-0.1, -0.05) is 6.92 Å². The Morgan fingerprint density at radius 2 is 2.11 bits per heavy atom. The van der Waals surface area contributed by atoms with Crippen molar-refractivity contribution in [3.8, 4) is 5.75 Å². The van der Waals surface area contributed by atoms with Gasteiger partial charge in [-0.05, 0) is 31.9 Å². The quantitative estimate of drug-likeness (QED) is 0.362. The first kappa shape index (κ1) is 14.9. The fourth-order valence-corrected chi connectivity index (χ4v) is 1.67. The molecule has 0 saturated carbocycles. The van der Waals surface area contributed by atoms with Crippen molar-refractivity contribution in [2.75, 3.05) is 0 Å². The van der Waals surface area contributed by atoms with Gasteiger partial charge >= 0.3 is 0 Å². The molecule has 19 heavy (non-hydrogen) atoms. The molecule has 1 unspecified atom stereocenters. The number of benzene rings is 1. The molecule has 0 aromatic heterocycles. The van der Waals surface area contributed by atoms with Gasteiger partial charge in [0.15, 0.2) is 6.10 Å². The van der Waals surface area contributed by atoms with Gasteiger partial charge in [0.05, 0.1) is 4.92 Å². The summed E-state index contributed by atoms with van der Waals surface area (Å²) in [6.07, 6.45) is -0.275. The molecule has 0 aliphatic carbocycles. The standard InChI is InChI=1S/C12H17N3O4/c1-4-10(12(16)14-13)19-11-6-7(2)9(15(17)18)5-8(11)3/h5-6,10H,4,13H2,1-3H3,(H,14,16). The van der Waals surface area contributed by atoms with Gasteiger partial charge < -0.3 is 4.74 Å². The highest BCUT2D eigenvalue weighted by Gasteiger charge is 2.20. The van der Waals surface area contributed by atoms with E-state index in [9.17, 15) is 14.9 Å². The van der Waals surface area contributed by atoms with Crippen LogP contribution >= 0.6 is 0 Å². The fourth-order valence-electron chi connectivity index (χ4n) is 1.67. The molecule has 7 nitrogen and oxygen atoms in total. The number of hydrazine groups is 1. The maximum atomic E-state index is 11.4. The van der Waals surface area contributed by atoms with E-state index in [0.29, 0.717) is 23.3 Å². The van der Waals surface area contributed by atoms with Gasteiger partial charge in [-0.2, -0.15) is 0 Å². The zero-order valence-corrected chi connectivity index (χ0v) is 11.1. The third-order valence-electron chi connectivity index (χ3n) is 2.76. The molecule has 0 fully saturated rings. The molecule has 7 heteroatoms. The van der Waals surface area contributed by atoms with Crippen LogP contribution in [0.15, 0.2) is 12.1 Å². The number of hydrogen-bond donors (Lipinski definition) is 2. The van der Waals surface area contributed by atoms with Crippen molar-refractivity contribution in [2.45, 2.75) is 33.3 Å². The highest BCUT2D eigenvalue weighted by molar-refractivity contribution is 5.80. The van der Waals surface area contributed by atoms with Crippen LogP contribution in [0.3, 0.4) is 0 Å². The zero-order chi connectivity index (χ0) is 14.6. The van der Waals surface area contributed by atoms with Crippen LogP contribution in [0.2, 0.25) is 0 Å². The number of nitrogens with zero attached hydrogens (tertiary/aromatic N) is 1. The van der Waals surface area contributed by atoms with Crippen molar-refractivity contribution in [3.63, 3.8) is 0 Å². The number of amides is 1. The second kappa shape index (κ2) is 6.14. The van der Waals surface area contributed by atoms with E-state index in [-0.39, 0.29) is 5.69 Å². The molecule has 1 rings (SSSR count). The largest absolute Gasteiger partial charge is 0.480 e. The Labute approximate surface area is 110 Å². The Bertz CT molecular complexity index is 502. The predicted molar refractivity (Wildman–Crippen MR) is 69.6 cm³/mol. The minimum Gasteiger partial charge on any atom is -0.480 e. The number of nitro groups is 1. The second-order valence-corrected chi connectivity index (χ2v) is 4.18. The predicted octanol–water partition coefficient (Wildman–Crippen LogP) is 1.36. The molecule has 0 spiro atoms. The van der Waals surface area contributed by atoms with Gasteiger partial charge in [0, 0.05) is 11.6 Å². The average Bonchev–Trinajstić information content (AvgIpc) is 2.37. The lowest BCUT2D eigenvalue weighted by atomic mass is 10.1. The summed E-state index contributed by atoms with van der Waals surface area (Å²) in [6, 6.07) is 2.98. The van der Waals surface area contributed by atoms with Gasteiger partial charge in [0.25, 0.3) is 11.6 Å².